The van der Waals surface area contributed by atoms with Crippen molar-refractivity contribution in [3.63, 3.8) is 0 Å². The Kier molecular flexibility index (Phi) is 2.93. The number of nitrogens with zero attached hydrogens (tertiary/aromatic N) is 1. The van der Waals surface area contributed by atoms with E-state index in [0.717, 1.165) is 18.7 Å². The highest BCUT2D eigenvalue weighted by atomic mass is 16.3. The van der Waals surface area contributed by atoms with Crippen LogP contribution in [0.4, 0.5) is 0 Å². The smallest absolute Gasteiger partial charge is 0.120 e. The van der Waals surface area contributed by atoms with E-state index in [4.69, 9.17) is 0 Å². The lowest BCUT2D eigenvalue weighted by molar-refractivity contribution is 0.373. The Morgan fingerprint density at radius 3 is 2.73 bits per heavy atom. The molecule has 0 bridgehead atoms. The maximum Gasteiger partial charge on any atom is 0.120 e. The number of rotatable bonds is 3. The first-order chi connectivity index (χ1) is 7.16. The molecule has 0 amide bonds. The highest BCUT2D eigenvalue weighted by molar-refractivity contribution is 5.37. The van der Waals surface area contributed by atoms with E-state index in [1.54, 1.807) is 6.07 Å². The Labute approximate surface area is 90.7 Å². The molecule has 1 fully saturated rings. The number of phenolic OH excluding ortho intramolecular Hbond substituents is 1. The zero-order chi connectivity index (χ0) is 10.8. The third-order valence-corrected chi connectivity index (χ3v) is 2.82. The second kappa shape index (κ2) is 4.21. The number of phenols is 1. The van der Waals surface area contributed by atoms with Crippen LogP contribution in [0.2, 0.25) is 0 Å². The number of hydrogen-bond acceptors (Lipinski definition) is 3. The monoisotopic (exact) mass is 206 g/mol. The van der Waals surface area contributed by atoms with Gasteiger partial charge in [0.1, 0.15) is 5.75 Å². The van der Waals surface area contributed by atoms with Crippen molar-refractivity contribution in [1.82, 2.24) is 10.2 Å². The molecule has 1 aliphatic rings. The zero-order valence-electron chi connectivity index (χ0n) is 9.33. The van der Waals surface area contributed by atoms with E-state index >= 15 is 0 Å². The van der Waals surface area contributed by atoms with Gasteiger partial charge in [0, 0.05) is 18.2 Å². The van der Waals surface area contributed by atoms with E-state index in [1.807, 2.05) is 20.2 Å². The molecular weight excluding hydrogens is 188 g/mol. The van der Waals surface area contributed by atoms with Crippen LogP contribution in [0.15, 0.2) is 18.2 Å². The lowest BCUT2D eigenvalue weighted by Gasteiger charge is -2.28. The fraction of sp³-hybridized carbons (Fsp3) is 0.500. The fourth-order valence-corrected chi connectivity index (χ4v) is 1.86. The molecule has 0 saturated carbocycles. The van der Waals surface area contributed by atoms with Gasteiger partial charge in [0.05, 0.1) is 0 Å². The van der Waals surface area contributed by atoms with Crippen molar-refractivity contribution in [2.75, 3.05) is 20.6 Å². The Hall–Kier alpha value is -1.06. The summed E-state index contributed by atoms with van der Waals surface area (Å²) >= 11 is 0. The Balaban J connectivity index is 2.19. The standard InChI is InChI=1S/C12H18N2O/c1-14(2)8-10-7-9(3-4-12(10)15)11-5-6-13-11/h3-4,7,11,13,15H,5-6,8H2,1-2H3. The van der Waals surface area contributed by atoms with Gasteiger partial charge in [0.2, 0.25) is 0 Å². The second-order valence-electron chi connectivity index (χ2n) is 4.42. The molecule has 1 unspecified atom stereocenters. The molecule has 0 aromatic heterocycles. The molecule has 3 heteroatoms. The van der Waals surface area contributed by atoms with Gasteiger partial charge < -0.3 is 15.3 Å². The van der Waals surface area contributed by atoms with Crippen LogP contribution in [0.5, 0.6) is 5.75 Å². The third-order valence-electron chi connectivity index (χ3n) is 2.82. The molecule has 1 heterocycles. The molecule has 0 spiro atoms. The summed E-state index contributed by atoms with van der Waals surface area (Å²) in [6.45, 7) is 1.89. The lowest BCUT2D eigenvalue weighted by atomic mass is 9.96. The average molecular weight is 206 g/mol. The number of hydrogen-bond donors (Lipinski definition) is 2. The van der Waals surface area contributed by atoms with Gasteiger partial charge in [-0.1, -0.05) is 6.07 Å². The van der Waals surface area contributed by atoms with Crippen molar-refractivity contribution in [3.05, 3.63) is 29.3 Å². The lowest BCUT2D eigenvalue weighted by Crippen LogP contribution is -2.34. The van der Waals surface area contributed by atoms with Crippen molar-refractivity contribution < 1.29 is 5.11 Å². The Morgan fingerprint density at radius 1 is 1.47 bits per heavy atom. The van der Waals surface area contributed by atoms with Crippen LogP contribution in [0.1, 0.15) is 23.6 Å². The van der Waals surface area contributed by atoms with Gasteiger partial charge in [-0.3, -0.25) is 0 Å². The van der Waals surface area contributed by atoms with E-state index in [0.29, 0.717) is 11.8 Å². The molecule has 1 aromatic rings. The maximum atomic E-state index is 9.71. The molecule has 1 atom stereocenters. The SMILES string of the molecule is CN(C)Cc1cc(C2CCN2)ccc1O. The minimum atomic E-state index is 0.395. The number of benzene rings is 1. The first-order valence-electron chi connectivity index (χ1n) is 5.37. The highest BCUT2D eigenvalue weighted by Gasteiger charge is 2.19. The largest absolute Gasteiger partial charge is 0.508 e. The molecule has 0 radical (unpaired) electrons. The normalized spacial score (nSPS) is 20.3. The molecule has 2 N–H and O–H groups in total. The van der Waals surface area contributed by atoms with Crippen molar-refractivity contribution in [2.24, 2.45) is 0 Å². The summed E-state index contributed by atoms with van der Waals surface area (Å²) in [6, 6.07) is 6.40. The fourth-order valence-electron chi connectivity index (χ4n) is 1.86. The number of aromatic hydroxyl groups is 1. The quantitative estimate of drug-likeness (QED) is 0.786. The molecule has 3 nitrogen and oxygen atoms in total. The van der Waals surface area contributed by atoms with Gasteiger partial charge in [-0.15, -0.1) is 0 Å². The third kappa shape index (κ3) is 2.30. The maximum absolute atomic E-state index is 9.71. The average Bonchev–Trinajstić information content (AvgIpc) is 2.07. The van der Waals surface area contributed by atoms with Gasteiger partial charge in [0.25, 0.3) is 0 Å². The predicted molar refractivity (Wildman–Crippen MR) is 60.9 cm³/mol. The van der Waals surface area contributed by atoms with Gasteiger partial charge >= 0.3 is 0 Å². The van der Waals surface area contributed by atoms with E-state index < -0.39 is 0 Å². The summed E-state index contributed by atoms with van der Waals surface area (Å²) in [7, 11) is 4.02. The molecule has 82 valence electrons. The van der Waals surface area contributed by atoms with Gasteiger partial charge in [-0.2, -0.15) is 0 Å². The molecule has 0 aliphatic carbocycles. The first-order valence-corrected chi connectivity index (χ1v) is 5.37. The molecule has 1 aliphatic heterocycles. The minimum Gasteiger partial charge on any atom is -0.508 e. The molecule has 2 rings (SSSR count). The first kappa shape index (κ1) is 10.5. The van der Waals surface area contributed by atoms with Crippen LogP contribution < -0.4 is 5.32 Å². The van der Waals surface area contributed by atoms with E-state index in [2.05, 4.69) is 16.3 Å². The van der Waals surface area contributed by atoms with Crippen LogP contribution in [0.25, 0.3) is 0 Å². The highest BCUT2D eigenvalue weighted by Crippen LogP contribution is 2.27. The molecule has 15 heavy (non-hydrogen) atoms. The summed E-state index contributed by atoms with van der Waals surface area (Å²) in [5.74, 6) is 0.395. The summed E-state index contributed by atoms with van der Waals surface area (Å²) < 4.78 is 0. The second-order valence-corrected chi connectivity index (χ2v) is 4.42. The van der Waals surface area contributed by atoms with Crippen molar-refractivity contribution >= 4 is 0 Å². The van der Waals surface area contributed by atoms with E-state index in [-0.39, 0.29) is 0 Å². The van der Waals surface area contributed by atoms with Crippen LogP contribution in [0.3, 0.4) is 0 Å². The summed E-state index contributed by atoms with van der Waals surface area (Å²) in [5, 5.41) is 13.1. The summed E-state index contributed by atoms with van der Waals surface area (Å²) in [5.41, 5.74) is 2.29. The predicted octanol–water partition coefficient (Wildman–Crippen LogP) is 1.49. The Morgan fingerprint density at radius 2 is 2.20 bits per heavy atom. The molecular formula is C12H18N2O. The van der Waals surface area contributed by atoms with Crippen molar-refractivity contribution in [3.8, 4) is 5.75 Å². The molecule has 1 aromatic carbocycles. The van der Waals surface area contributed by atoms with Crippen LogP contribution in [-0.4, -0.2) is 30.6 Å². The van der Waals surface area contributed by atoms with Gasteiger partial charge in [-0.25, -0.2) is 0 Å². The Bertz CT molecular complexity index is 345. The van der Waals surface area contributed by atoms with E-state index in [1.165, 1.54) is 12.0 Å². The summed E-state index contributed by atoms with van der Waals surface area (Å²) in [6.07, 6.45) is 1.20. The zero-order valence-corrected chi connectivity index (χ0v) is 9.33. The number of nitrogens with one attached hydrogen (secondary N) is 1. The van der Waals surface area contributed by atoms with Gasteiger partial charge in [0.15, 0.2) is 0 Å². The topological polar surface area (TPSA) is 35.5 Å². The van der Waals surface area contributed by atoms with Crippen molar-refractivity contribution in [2.45, 2.75) is 19.0 Å². The van der Waals surface area contributed by atoms with Crippen LogP contribution in [-0.2, 0) is 6.54 Å². The summed E-state index contributed by atoms with van der Waals surface area (Å²) in [4.78, 5) is 2.06. The minimum absolute atomic E-state index is 0.395. The van der Waals surface area contributed by atoms with Crippen LogP contribution in [0, 0.1) is 0 Å². The van der Waals surface area contributed by atoms with Crippen LogP contribution >= 0.6 is 0 Å². The molecule has 1 saturated heterocycles. The van der Waals surface area contributed by atoms with Gasteiger partial charge in [-0.05, 0) is 44.8 Å². The van der Waals surface area contributed by atoms with Crippen molar-refractivity contribution in [1.29, 1.82) is 0 Å². The van der Waals surface area contributed by atoms with E-state index in [9.17, 15) is 5.11 Å².